The topological polar surface area (TPSA) is 65.4 Å². The van der Waals surface area contributed by atoms with Gasteiger partial charge in [-0.25, -0.2) is 0 Å². The van der Waals surface area contributed by atoms with Crippen molar-refractivity contribution >= 4 is 5.91 Å². The summed E-state index contributed by atoms with van der Waals surface area (Å²) in [6, 6.07) is 1.88. The maximum atomic E-state index is 11.9. The van der Waals surface area contributed by atoms with Crippen LogP contribution < -0.4 is 5.32 Å². The standard InChI is InChI=1S/C12H21N3O2/c1-9(2)7-14-12(16)10(3)15-4-5-17-11(6-13)8-15/h9-11H,4-5,7-8H2,1-3H3,(H,14,16). The molecule has 0 saturated carbocycles. The van der Waals surface area contributed by atoms with Crippen molar-refractivity contribution in [2.45, 2.75) is 32.9 Å². The SMILES string of the molecule is CC(C)CNC(=O)C(C)N1CCOC(C#N)C1. The van der Waals surface area contributed by atoms with Gasteiger partial charge in [-0.1, -0.05) is 13.8 Å². The van der Waals surface area contributed by atoms with E-state index >= 15 is 0 Å². The van der Waals surface area contributed by atoms with Gasteiger partial charge >= 0.3 is 0 Å². The van der Waals surface area contributed by atoms with Gasteiger partial charge in [0.15, 0.2) is 6.10 Å². The van der Waals surface area contributed by atoms with E-state index in [1.165, 1.54) is 0 Å². The quantitative estimate of drug-likeness (QED) is 0.770. The third kappa shape index (κ3) is 4.33. The molecule has 0 aliphatic carbocycles. The van der Waals surface area contributed by atoms with Gasteiger partial charge in [0.2, 0.25) is 5.91 Å². The lowest BCUT2D eigenvalue weighted by atomic mass is 10.2. The molecular weight excluding hydrogens is 218 g/mol. The summed E-state index contributed by atoms with van der Waals surface area (Å²) in [6.45, 7) is 8.41. The minimum absolute atomic E-state index is 0.0253. The van der Waals surface area contributed by atoms with Crippen LogP contribution in [0.5, 0.6) is 0 Å². The molecule has 96 valence electrons. The minimum atomic E-state index is -0.413. The lowest BCUT2D eigenvalue weighted by Crippen LogP contribution is -2.52. The first-order valence-corrected chi connectivity index (χ1v) is 6.07. The van der Waals surface area contributed by atoms with E-state index in [0.717, 1.165) is 0 Å². The Morgan fingerprint density at radius 1 is 1.59 bits per heavy atom. The molecule has 5 heteroatoms. The first-order valence-electron chi connectivity index (χ1n) is 6.07. The summed E-state index contributed by atoms with van der Waals surface area (Å²) in [5.41, 5.74) is 0. The first kappa shape index (κ1) is 13.9. The summed E-state index contributed by atoms with van der Waals surface area (Å²) < 4.78 is 5.25. The largest absolute Gasteiger partial charge is 0.361 e. The van der Waals surface area contributed by atoms with Crippen LogP contribution in [0.1, 0.15) is 20.8 Å². The fraction of sp³-hybridized carbons (Fsp3) is 0.833. The van der Waals surface area contributed by atoms with Gasteiger partial charge in [-0.2, -0.15) is 5.26 Å². The van der Waals surface area contributed by atoms with Crippen molar-refractivity contribution in [2.24, 2.45) is 5.92 Å². The van der Waals surface area contributed by atoms with Gasteiger partial charge in [-0.05, 0) is 12.8 Å². The van der Waals surface area contributed by atoms with E-state index in [0.29, 0.717) is 32.2 Å². The van der Waals surface area contributed by atoms with E-state index in [4.69, 9.17) is 10.00 Å². The van der Waals surface area contributed by atoms with Gasteiger partial charge in [-0.3, -0.25) is 9.69 Å². The number of morpholine rings is 1. The smallest absolute Gasteiger partial charge is 0.237 e. The summed E-state index contributed by atoms with van der Waals surface area (Å²) in [5.74, 6) is 0.472. The molecule has 1 fully saturated rings. The van der Waals surface area contributed by atoms with Crippen LogP contribution in [0.15, 0.2) is 0 Å². The lowest BCUT2D eigenvalue weighted by molar-refractivity contribution is -0.128. The Hall–Kier alpha value is -1.12. The molecule has 0 aromatic rings. The highest BCUT2D eigenvalue weighted by molar-refractivity contribution is 5.81. The zero-order valence-electron chi connectivity index (χ0n) is 10.8. The van der Waals surface area contributed by atoms with Crippen LogP contribution in [0, 0.1) is 17.2 Å². The van der Waals surface area contributed by atoms with E-state index in [2.05, 4.69) is 25.2 Å². The molecule has 1 amide bonds. The van der Waals surface area contributed by atoms with Crippen molar-refractivity contribution < 1.29 is 9.53 Å². The summed E-state index contributed by atoms with van der Waals surface area (Å²) in [4.78, 5) is 13.9. The Balaban J connectivity index is 2.43. The molecule has 2 atom stereocenters. The molecule has 1 saturated heterocycles. The number of carbonyl (C=O) groups is 1. The molecule has 1 N–H and O–H groups in total. The molecule has 1 aliphatic heterocycles. The monoisotopic (exact) mass is 239 g/mol. The Labute approximate surface area is 103 Å². The first-order chi connectivity index (χ1) is 8.04. The molecule has 0 bridgehead atoms. The van der Waals surface area contributed by atoms with Crippen molar-refractivity contribution in [3.63, 3.8) is 0 Å². The van der Waals surface area contributed by atoms with Gasteiger partial charge in [0.05, 0.1) is 18.7 Å². The third-order valence-corrected chi connectivity index (χ3v) is 2.85. The van der Waals surface area contributed by atoms with Crippen LogP contribution in [-0.2, 0) is 9.53 Å². The second kappa shape index (κ2) is 6.58. The predicted molar refractivity (Wildman–Crippen MR) is 64.2 cm³/mol. The number of rotatable bonds is 4. The molecule has 17 heavy (non-hydrogen) atoms. The van der Waals surface area contributed by atoms with E-state index in [9.17, 15) is 4.79 Å². The van der Waals surface area contributed by atoms with Crippen LogP contribution in [-0.4, -0.2) is 49.2 Å². The van der Waals surface area contributed by atoms with Crippen LogP contribution in [0.3, 0.4) is 0 Å². The zero-order chi connectivity index (χ0) is 12.8. The summed E-state index contributed by atoms with van der Waals surface area (Å²) in [5, 5.41) is 11.7. The molecule has 0 radical (unpaired) electrons. The Bertz CT molecular complexity index is 299. The summed E-state index contributed by atoms with van der Waals surface area (Å²) >= 11 is 0. The van der Waals surface area contributed by atoms with Crippen molar-refractivity contribution in [2.75, 3.05) is 26.2 Å². The Morgan fingerprint density at radius 3 is 2.88 bits per heavy atom. The summed E-state index contributed by atoms with van der Waals surface area (Å²) in [7, 11) is 0. The van der Waals surface area contributed by atoms with E-state index in [1.54, 1.807) is 0 Å². The summed E-state index contributed by atoms with van der Waals surface area (Å²) in [6.07, 6.45) is -0.413. The second-order valence-electron chi connectivity index (χ2n) is 4.80. The molecule has 0 aromatic heterocycles. The van der Waals surface area contributed by atoms with Gasteiger partial charge in [0.25, 0.3) is 0 Å². The highest BCUT2D eigenvalue weighted by atomic mass is 16.5. The predicted octanol–water partition coefficient (Wildman–Crippen LogP) is 0.371. The number of carbonyl (C=O) groups excluding carboxylic acids is 1. The molecule has 1 aliphatic rings. The zero-order valence-corrected chi connectivity index (χ0v) is 10.8. The van der Waals surface area contributed by atoms with Crippen molar-refractivity contribution in [1.29, 1.82) is 5.26 Å². The molecule has 1 heterocycles. The van der Waals surface area contributed by atoms with E-state index < -0.39 is 6.10 Å². The highest BCUT2D eigenvalue weighted by Gasteiger charge is 2.27. The molecule has 0 spiro atoms. The highest BCUT2D eigenvalue weighted by Crippen LogP contribution is 2.08. The van der Waals surface area contributed by atoms with Gasteiger partial charge in [-0.15, -0.1) is 0 Å². The fourth-order valence-electron chi connectivity index (χ4n) is 1.72. The second-order valence-corrected chi connectivity index (χ2v) is 4.80. The number of nitrogens with zero attached hydrogens (tertiary/aromatic N) is 2. The fourth-order valence-corrected chi connectivity index (χ4v) is 1.72. The van der Waals surface area contributed by atoms with Crippen molar-refractivity contribution in [3.05, 3.63) is 0 Å². The Kier molecular flexibility index (Phi) is 5.39. The third-order valence-electron chi connectivity index (χ3n) is 2.85. The molecular formula is C12H21N3O2. The number of amides is 1. The number of nitriles is 1. The van der Waals surface area contributed by atoms with E-state index in [1.807, 2.05) is 11.8 Å². The van der Waals surface area contributed by atoms with Crippen LogP contribution in [0.4, 0.5) is 0 Å². The Morgan fingerprint density at radius 2 is 2.29 bits per heavy atom. The molecule has 2 unspecified atom stereocenters. The average Bonchev–Trinajstić information content (AvgIpc) is 2.35. The number of hydrogen-bond acceptors (Lipinski definition) is 4. The van der Waals surface area contributed by atoms with Gasteiger partial charge in [0.1, 0.15) is 0 Å². The lowest BCUT2D eigenvalue weighted by Gasteiger charge is -2.33. The normalized spacial score (nSPS) is 23.1. The minimum Gasteiger partial charge on any atom is -0.361 e. The maximum absolute atomic E-state index is 11.9. The van der Waals surface area contributed by atoms with Crippen LogP contribution in [0.2, 0.25) is 0 Å². The number of hydrogen-bond donors (Lipinski definition) is 1. The van der Waals surface area contributed by atoms with Gasteiger partial charge < -0.3 is 10.1 Å². The maximum Gasteiger partial charge on any atom is 0.237 e. The van der Waals surface area contributed by atoms with Crippen LogP contribution in [0.25, 0.3) is 0 Å². The van der Waals surface area contributed by atoms with Crippen molar-refractivity contribution in [3.8, 4) is 6.07 Å². The molecule has 0 aromatic carbocycles. The average molecular weight is 239 g/mol. The van der Waals surface area contributed by atoms with Crippen molar-refractivity contribution in [1.82, 2.24) is 10.2 Å². The number of nitrogens with one attached hydrogen (secondary N) is 1. The number of ether oxygens (including phenoxy) is 1. The van der Waals surface area contributed by atoms with E-state index in [-0.39, 0.29) is 11.9 Å². The van der Waals surface area contributed by atoms with Gasteiger partial charge in [0, 0.05) is 19.6 Å². The molecule has 1 rings (SSSR count). The molecule has 5 nitrogen and oxygen atoms in total. The van der Waals surface area contributed by atoms with Crippen LogP contribution >= 0.6 is 0 Å².